The highest BCUT2D eigenvalue weighted by atomic mass is 16.6. The number of aliphatic hydroxyl groups is 5. The van der Waals surface area contributed by atoms with Crippen LogP contribution in [0.5, 0.6) is 17.2 Å². The summed E-state index contributed by atoms with van der Waals surface area (Å²) in [7, 11) is 1.16. The van der Waals surface area contributed by atoms with Gasteiger partial charge < -0.3 is 45.2 Å². The number of aliphatic hydroxyl groups excluding tert-OH is 4. The molecule has 24 heavy (non-hydrogen) atoms. The van der Waals surface area contributed by atoms with Gasteiger partial charge in [-0.1, -0.05) is 0 Å². The van der Waals surface area contributed by atoms with E-state index in [2.05, 4.69) is 0 Å². The predicted octanol–water partition coefficient (Wildman–Crippen LogP) is -2.55. The molecule has 1 aromatic rings. The maximum absolute atomic E-state index is 12.5. The van der Waals surface area contributed by atoms with E-state index < -0.39 is 59.7 Å². The van der Waals surface area contributed by atoms with Crippen LogP contribution in [0.25, 0.3) is 0 Å². The first-order chi connectivity index (χ1) is 11.2. The topological polar surface area (TPSA) is 177 Å². The van der Waals surface area contributed by atoms with Gasteiger partial charge in [0, 0.05) is 5.56 Å². The normalized spacial score (nSPS) is 33.2. The molecule has 0 aromatic heterocycles. The Morgan fingerprint density at radius 3 is 2.25 bits per heavy atom. The van der Waals surface area contributed by atoms with Gasteiger partial charge in [-0.15, -0.1) is 0 Å². The van der Waals surface area contributed by atoms with Crippen molar-refractivity contribution in [3.63, 3.8) is 0 Å². The van der Waals surface area contributed by atoms with Crippen molar-refractivity contribution >= 4 is 5.78 Å². The Kier molecular flexibility index (Phi) is 4.99. The summed E-state index contributed by atoms with van der Waals surface area (Å²) in [5, 5.41) is 68.5. The lowest BCUT2D eigenvalue weighted by Crippen LogP contribution is -2.69. The molecule has 7 N–H and O–H groups in total. The third-order valence-electron chi connectivity index (χ3n) is 3.90. The molecule has 1 fully saturated rings. The van der Waals surface area contributed by atoms with Gasteiger partial charge in [0.2, 0.25) is 17.1 Å². The van der Waals surface area contributed by atoms with E-state index >= 15 is 0 Å². The number of hydrogen-bond acceptors (Lipinski definition) is 10. The van der Waals surface area contributed by atoms with Crippen molar-refractivity contribution in [3.8, 4) is 17.2 Å². The molecule has 0 radical (unpaired) electrons. The average Bonchev–Trinajstić information content (AvgIpc) is 2.55. The molecule has 134 valence electrons. The van der Waals surface area contributed by atoms with Crippen molar-refractivity contribution in [1.29, 1.82) is 0 Å². The molecule has 1 aliphatic heterocycles. The van der Waals surface area contributed by atoms with Gasteiger partial charge in [-0.05, 0) is 12.1 Å². The van der Waals surface area contributed by atoms with E-state index in [4.69, 9.17) is 14.6 Å². The van der Waals surface area contributed by atoms with Crippen LogP contribution in [0, 0.1) is 0 Å². The molecule has 1 unspecified atom stereocenters. The average molecular weight is 346 g/mol. The number of aromatic hydroxyl groups is 2. The predicted molar refractivity (Wildman–Crippen MR) is 75.6 cm³/mol. The van der Waals surface area contributed by atoms with Crippen LogP contribution >= 0.6 is 0 Å². The number of Topliss-reactive ketones (excluding diaryl/α,β-unsaturated/α-hetero) is 1. The summed E-state index contributed by atoms with van der Waals surface area (Å²) in [5.41, 5.74) is -3.47. The standard InChI is InChI=1S/C14H18O10/c1-23-10-6(16)2-5(3-7(10)17)11(19)14(22)12(20)9(18)8(4-15)24-13(14)21/h2-3,8-9,12-13,15-18,20-22H,4H2,1H3/t8-,9-,12+,13?,14-/m0/s1. The zero-order valence-corrected chi connectivity index (χ0v) is 12.5. The van der Waals surface area contributed by atoms with Crippen molar-refractivity contribution in [2.45, 2.75) is 30.2 Å². The van der Waals surface area contributed by atoms with Crippen LogP contribution in [0.2, 0.25) is 0 Å². The Labute approximate surface area is 135 Å². The molecular weight excluding hydrogens is 328 g/mol. The summed E-state index contributed by atoms with van der Waals surface area (Å²) in [4.78, 5) is 12.5. The lowest BCUT2D eigenvalue weighted by Gasteiger charge is -2.44. The Morgan fingerprint density at radius 2 is 1.79 bits per heavy atom. The molecule has 1 aromatic carbocycles. The fourth-order valence-corrected chi connectivity index (χ4v) is 2.53. The zero-order chi connectivity index (χ0) is 18.2. The number of hydrogen-bond donors (Lipinski definition) is 7. The Morgan fingerprint density at radius 1 is 1.25 bits per heavy atom. The molecular formula is C14H18O10. The van der Waals surface area contributed by atoms with Crippen LogP contribution in [0.4, 0.5) is 0 Å². The Balaban J connectivity index is 2.44. The molecule has 0 spiro atoms. The van der Waals surface area contributed by atoms with Gasteiger partial charge in [0.05, 0.1) is 13.7 Å². The van der Waals surface area contributed by atoms with E-state index in [1.165, 1.54) is 0 Å². The fourth-order valence-electron chi connectivity index (χ4n) is 2.53. The summed E-state index contributed by atoms with van der Waals surface area (Å²) < 4.78 is 9.46. The number of benzene rings is 1. The second-order valence-corrected chi connectivity index (χ2v) is 5.35. The first-order valence-electron chi connectivity index (χ1n) is 6.86. The highest BCUT2D eigenvalue weighted by Gasteiger charge is 2.59. The molecule has 1 aliphatic rings. The molecule has 1 saturated heterocycles. The third kappa shape index (κ3) is 2.69. The largest absolute Gasteiger partial charge is 0.504 e. The molecule has 10 heteroatoms. The molecule has 2 rings (SSSR count). The minimum atomic E-state index is -2.99. The highest BCUT2D eigenvalue weighted by Crippen LogP contribution is 2.39. The molecule has 5 atom stereocenters. The number of methoxy groups -OCH3 is 1. The first kappa shape index (κ1) is 18.4. The van der Waals surface area contributed by atoms with Gasteiger partial charge >= 0.3 is 0 Å². The fraction of sp³-hybridized carbons (Fsp3) is 0.500. The van der Waals surface area contributed by atoms with Crippen molar-refractivity contribution in [2.75, 3.05) is 13.7 Å². The maximum Gasteiger partial charge on any atom is 0.207 e. The van der Waals surface area contributed by atoms with Crippen molar-refractivity contribution in [1.82, 2.24) is 0 Å². The summed E-state index contributed by atoms with van der Waals surface area (Å²) in [6.07, 6.45) is -7.75. The number of phenolic OH excluding ortho intramolecular Hbond substituents is 2. The van der Waals surface area contributed by atoms with E-state index in [0.717, 1.165) is 19.2 Å². The SMILES string of the molecule is COc1c(O)cc(C(=O)[C@@]2(O)C(O)O[C@@H](CO)[C@H](O)[C@H]2O)cc1O. The van der Waals surface area contributed by atoms with Crippen LogP contribution < -0.4 is 4.74 Å². The van der Waals surface area contributed by atoms with Gasteiger partial charge in [0.15, 0.2) is 17.8 Å². The molecule has 1 heterocycles. The van der Waals surface area contributed by atoms with Gasteiger partial charge in [0.1, 0.15) is 18.3 Å². The number of carbonyl (C=O) groups excluding carboxylic acids is 1. The summed E-state index contributed by atoms with van der Waals surface area (Å²) >= 11 is 0. The lowest BCUT2D eigenvalue weighted by molar-refractivity contribution is -0.310. The second-order valence-electron chi connectivity index (χ2n) is 5.35. The lowest BCUT2D eigenvalue weighted by atomic mass is 9.80. The Bertz CT molecular complexity index is 609. The van der Waals surface area contributed by atoms with Crippen LogP contribution in [-0.4, -0.2) is 85.4 Å². The second kappa shape index (κ2) is 6.51. The monoisotopic (exact) mass is 346 g/mol. The minimum Gasteiger partial charge on any atom is -0.504 e. The minimum absolute atomic E-state index is 0.320. The first-order valence-corrected chi connectivity index (χ1v) is 6.86. The van der Waals surface area contributed by atoms with Crippen molar-refractivity contribution in [2.24, 2.45) is 0 Å². The highest BCUT2D eigenvalue weighted by molar-refractivity contribution is 6.04. The maximum atomic E-state index is 12.5. The summed E-state index contributed by atoms with van der Waals surface area (Å²) in [6, 6.07) is 1.67. The molecule has 0 amide bonds. The number of ether oxygens (including phenoxy) is 2. The summed E-state index contributed by atoms with van der Waals surface area (Å²) in [6.45, 7) is -0.774. The van der Waals surface area contributed by atoms with Gasteiger partial charge in [-0.25, -0.2) is 0 Å². The van der Waals surface area contributed by atoms with Crippen LogP contribution in [0.1, 0.15) is 10.4 Å². The van der Waals surface area contributed by atoms with E-state index in [1.807, 2.05) is 0 Å². The van der Waals surface area contributed by atoms with Crippen LogP contribution in [0.3, 0.4) is 0 Å². The smallest absolute Gasteiger partial charge is 0.207 e. The number of rotatable bonds is 4. The van der Waals surface area contributed by atoms with Gasteiger partial charge in [-0.2, -0.15) is 0 Å². The van der Waals surface area contributed by atoms with Crippen molar-refractivity contribution in [3.05, 3.63) is 17.7 Å². The van der Waals surface area contributed by atoms with Crippen LogP contribution in [-0.2, 0) is 4.74 Å². The third-order valence-corrected chi connectivity index (χ3v) is 3.90. The van der Waals surface area contributed by atoms with E-state index in [0.29, 0.717) is 0 Å². The van der Waals surface area contributed by atoms with Gasteiger partial charge in [-0.3, -0.25) is 4.79 Å². The molecule has 0 saturated carbocycles. The quantitative estimate of drug-likeness (QED) is 0.287. The van der Waals surface area contributed by atoms with Gasteiger partial charge in [0.25, 0.3) is 0 Å². The number of carbonyl (C=O) groups is 1. The van der Waals surface area contributed by atoms with E-state index in [-0.39, 0.29) is 5.75 Å². The molecule has 0 aliphatic carbocycles. The van der Waals surface area contributed by atoms with Crippen molar-refractivity contribution < 1.29 is 50.0 Å². The molecule has 10 nitrogen and oxygen atoms in total. The molecule has 0 bridgehead atoms. The van der Waals surface area contributed by atoms with Crippen LogP contribution in [0.15, 0.2) is 12.1 Å². The van der Waals surface area contributed by atoms with E-state index in [1.54, 1.807) is 0 Å². The zero-order valence-electron chi connectivity index (χ0n) is 12.5. The summed E-state index contributed by atoms with van der Waals surface area (Å²) in [5.74, 6) is -2.90. The van der Waals surface area contributed by atoms with E-state index in [9.17, 15) is 35.4 Å². The Hall–Kier alpha value is -1.95. The number of phenols is 2. The number of ketones is 1.